The van der Waals surface area contributed by atoms with Crippen LogP contribution in [0.2, 0.25) is 0 Å². The van der Waals surface area contributed by atoms with Gasteiger partial charge in [-0.25, -0.2) is 9.37 Å². The average Bonchev–Trinajstić information content (AvgIpc) is 2.84. The number of halogens is 1. The van der Waals surface area contributed by atoms with Crippen LogP contribution in [0.3, 0.4) is 0 Å². The van der Waals surface area contributed by atoms with E-state index in [1.165, 1.54) is 23.5 Å². The summed E-state index contributed by atoms with van der Waals surface area (Å²) in [5.41, 5.74) is 0.929. The molecule has 0 aliphatic carbocycles. The first-order valence-corrected chi connectivity index (χ1v) is 6.26. The molecular formula is C12H12FN3OS. The van der Waals surface area contributed by atoms with E-state index in [0.717, 1.165) is 5.56 Å². The fraction of sp³-hybridized carbons (Fsp3) is 0.167. The number of amides is 1. The highest BCUT2D eigenvalue weighted by Crippen LogP contribution is 2.09. The standard InChI is InChI=1S/C12H12FN3OS/c13-10-3-1-9(2-4-10)7-14-8-11(17)16-12-15-5-6-18-12/h1-6,14H,7-8H2,(H,15,16,17). The Morgan fingerprint density at radius 2 is 2.11 bits per heavy atom. The van der Waals surface area contributed by atoms with Gasteiger partial charge in [-0.3, -0.25) is 4.79 Å². The molecule has 0 bridgehead atoms. The van der Waals surface area contributed by atoms with Crippen LogP contribution in [-0.2, 0) is 11.3 Å². The highest BCUT2D eigenvalue weighted by atomic mass is 32.1. The predicted octanol–water partition coefficient (Wildman–Crippen LogP) is 2.01. The maximum absolute atomic E-state index is 12.7. The molecule has 1 aromatic carbocycles. The highest BCUT2D eigenvalue weighted by Gasteiger charge is 2.03. The molecule has 18 heavy (non-hydrogen) atoms. The molecule has 0 saturated carbocycles. The molecule has 6 heteroatoms. The van der Waals surface area contributed by atoms with Crippen molar-refractivity contribution in [2.45, 2.75) is 6.54 Å². The summed E-state index contributed by atoms with van der Waals surface area (Å²) in [7, 11) is 0. The van der Waals surface area contributed by atoms with Crippen LogP contribution >= 0.6 is 11.3 Å². The zero-order chi connectivity index (χ0) is 12.8. The van der Waals surface area contributed by atoms with E-state index in [0.29, 0.717) is 11.7 Å². The molecule has 4 nitrogen and oxygen atoms in total. The first kappa shape index (κ1) is 12.7. The summed E-state index contributed by atoms with van der Waals surface area (Å²) in [5.74, 6) is -0.410. The molecular weight excluding hydrogens is 253 g/mol. The zero-order valence-electron chi connectivity index (χ0n) is 9.52. The Labute approximate surface area is 108 Å². The van der Waals surface area contributed by atoms with E-state index in [9.17, 15) is 9.18 Å². The number of rotatable bonds is 5. The Balaban J connectivity index is 1.72. The van der Waals surface area contributed by atoms with Crippen molar-refractivity contribution < 1.29 is 9.18 Å². The van der Waals surface area contributed by atoms with E-state index in [4.69, 9.17) is 0 Å². The monoisotopic (exact) mass is 265 g/mol. The summed E-state index contributed by atoms with van der Waals surface area (Å²) in [6, 6.07) is 6.15. The second-order valence-electron chi connectivity index (χ2n) is 3.62. The van der Waals surface area contributed by atoms with Crippen LogP contribution in [-0.4, -0.2) is 17.4 Å². The van der Waals surface area contributed by atoms with Crippen molar-refractivity contribution in [2.75, 3.05) is 11.9 Å². The molecule has 0 atom stereocenters. The summed E-state index contributed by atoms with van der Waals surface area (Å²) in [6.45, 7) is 0.711. The minimum atomic E-state index is -0.264. The molecule has 0 aliphatic rings. The number of aromatic nitrogens is 1. The van der Waals surface area contributed by atoms with Crippen molar-refractivity contribution in [2.24, 2.45) is 0 Å². The van der Waals surface area contributed by atoms with Gasteiger partial charge >= 0.3 is 0 Å². The van der Waals surface area contributed by atoms with Gasteiger partial charge in [0.1, 0.15) is 5.82 Å². The summed E-state index contributed by atoms with van der Waals surface area (Å²) >= 11 is 1.37. The van der Waals surface area contributed by atoms with Crippen LogP contribution in [0.4, 0.5) is 9.52 Å². The number of nitrogens with one attached hydrogen (secondary N) is 2. The molecule has 0 spiro atoms. The van der Waals surface area contributed by atoms with Crippen LogP contribution in [0.25, 0.3) is 0 Å². The van der Waals surface area contributed by atoms with Crippen molar-refractivity contribution in [3.05, 3.63) is 47.2 Å². The zero-order valence-corrected chi connectivity index (χ0v) is 10.3. The SMILES string of the molecule is O=C(CNCc1ccc(F)cc1)Nc1nccs1. The maximum atomic E-state index is 12.7. The minimum Gasteiger partial charge on any atom is -0.304 e. The van der Waals surface area contributed by atoms with Gasteiger partial charge in [0, 0.05) is 18.1 Å². The van der Waals surface area contributed by atoms with E-state index in [-0.39, 0.29) is 18.3 Å². The smallest absolute Gasteiger partial charge is 0.240 e. The normalized spacial score (nSPS) is 10.3. The largest absolute Gasteiger partial charge is 0.304 e. The Kier molecular flexibility index (Phi) is 4.38. The molecule has 0 radical (unpaired) electrons. The molecule has 2 aromatic rings. The van der Waals surface area contributed by atoms with Crippen molar-refractivity contribution >= 4 is 22.4 Å². The van der Waals surface area contributed by atoms with E-state index in [1.807, 2.05) is 0 Å². The lowest BCUT2D eigenvalue weighted by molar-refractivity contribution is -0.115. The van der Waals surface area contributed by atoms with E-state index in [2.05, 4.69) is 15.6 Å². The highest BCUT2D eigenvalue weighted by molar-refractivity contribution is 7.13. The molecule has 94 valence electrons. The third-order valence-corrected chi connectivity index (χ3v) is 2.90. The van der Waals surface area contributed by atoms with Gasteiger partial charge in [-0.05, 0) is 17.7 Å². The lowest BCUT2D eigenvalue weighted by Crippen LogP contribution is -2.27. The van der Waals surface area contributed by atoms with E-state index in [1.54, 1.807) is 23.7 Å². The Morgan fingerprint density at radius 1 is 1.33 bits per heavy atom. The van der Waals surface area contributed by atoms with Gasteiger partial charge < -0.3 is 10.6 Å². The number of carbonyl (C=O) groups excluding carboxylic acids is 1. The van der Waals surface area contributed by atoms with Crippen LogP contribution < -0.4 is 10.6 Å². The number of thiazole rings is 1. The molecule has 0 unspecified atom stereocenters. The van der Waals surface area contributed by atoms with Crippen molar-refractivity contribution in [1.29, 1.82) is 0 Å². The lowest BCUT2D eigenvalue weighted by Gasteiger charge is -2.04. The van der Waals surface area contributed by atoms with Gasteiger partial charge in [-0.15, -0.1) is 11.3 Å². The van der Waals surface area contributed by atoms with Crippen LogP contribution in [0.15, 0.2) is 35.8 Å². The summed E-state index contributed by atoms with van der Waals surface area (Å²) < 4.78 is 12.7. The van der Waals surface area contributed by atoms with Crippen molar-refractivity contribution in [3.8, 4) is 0 Å². The Hall–Kier alpha value is -1.79. The summed E-state index contributed by atoms with van der Waals surface area (Å²) in [5, 5.41) is 8.02. The van der Waals surface area contributed by atoms with E-state index >= 15 is 0 Å². The molecule has 1 amide bonds. The molecule has 1 aromatic heterocycles. The van der Waals surface area contributed by atoms with Gasteiger partial charge in [0.2, 0.25) is 5.91 Å². The number of anilines is 1. The lowest BCUT2D eigenvalue weighted by atomic mass is 10.2. The van der Waals surface area contributed by atoms with Crippen LogP contribution in [0, 0.1) is 5.82 Å². The third-order valence-electron chi connectivity index (χ3n) is 2.21. The minimum absolute atomic E-state index is 0.146. The average molecular weight is 265 g/mol. The number of hydrogen-bond acceptors (Lipinski definition) is 4. The van der Waals surface area contributed by atoms with Crippen LogP contribution in [0.1, 0.15) is 5.56 Å². The second kappa shape index (κ2) is 6.23. The molecule has 2 rings (SSSR count). The molecule has 0 aliphatic heterocycles. The van der Waals surface area contributed by atoms with Gasteiger partial charge in [-0.2, -0.15) is 0 Å². The van der Waals surface area contributed by atoms with Gasteiger partial charge in [0.05, 0.1) is 6.54 Å². The van der Waals surface area contributed by atoms with Crippen LogP contribution in [0.5, 0.6) is 0 Å². The van der Waals surface area contributed by atoms with Gasteiger partial charge in [-0.1, -0.05) is 12.1 Å². The fourth-order valence-corrected chi connectivity index (χ4v) is 1.92. The van der Waals surface area contributed by atoms with E-state index < -0.39 is 0 Å². The first-order valence-electron chi connectivity index (χ1n) is 5.38. The number of nitrogens with zero attached hydrogens (tertiary/aromatic N) is 1. The maximum Gasteiger partial charge on any atom is 0.240 e. The number of benzene rings is 1. The topological polar surface area (TPSA) is 54.0 Å². The number of carbonyl (C=O) groups is 1. The van der Waals surface area contributed by atoms with Gasteiger partial charge in [0.15, 0.2) is 5.13 Å². The second-order valence-corrected chi connectivity index (χ2v) is 4.51. The Bertz CT molecular complexity index is 499. The van der Waals surface area contributed by atoms with Crippen molar-refractivity contribution in [3.63, 3.8) is 0 Å². The Morgan fingerprint density at radius 3 is 2.78 bits per heavy atom. The first-order chi connectivity index (χ1) is 8.74. The summed E-state index contributed by atoms with van der Waals surface area (Å²) in [6.07, 6.45) is 1.63. The van der Waals surface area contributed by atoms with Gasteiger partial charge in [0.25, 0.3) is 0 Å². The third kappa shape index (κ3) is 3.90. The fourth-order valence-electron chi connectivity index (χ4n) is 1.37. The molecule has 0 fully saturated rings. The number of hydrogen-bond donors (Lipinski definition) is 2. The quantitative estimate of drug-likeness (QED) is 0.869. The predicted molar refractivity (Wildman–Crippen MR) is 68.9 cm³/mol. The molecule has 1 heterocycles. The molecule has 0 saturated heterocycles. The van der Waals surface area contributed by atoms with Crippen molar-refractivity contribution in [1.82, 2.24) is 10.3 Å². The summed E-state index contributed by atoms with van der Waals surface area (Å²) in [4.78, 5) is 15.4. The molecule has 2 N–H and O–H groups in total.